The van der Waals surface area contributed by atoms with Crippen molar-refractivity contribution in [3.05, 3.63) is 44.8 Å². The molecule has 0 aliphatic rings. The van der Waals surface area contributed by atoms with Gasteiger partial charge in [-0.2, -0.15) is 4.98 Å². The summed E-state index contributed by atoms with van der Waals surface area (Å²) in [4.78, 5) is 17.7. The van der Waals surface area contributed by atoms with Crippen molar-refractivity contribution in [2.45, 2.75) is 0 Å². The number of anilines is 3. The Morgan fingerprint density at radius 3 is 2.85 bits per heavy atom. The standard InChI is InChI=1S/C10H8BrFN6O2/c11-6-2-1-5(12)3-7(6)15-9-8(18(19)20)4-14-10(16-9)17-13/h1-4H,13H2,(H2,14,15,16,17). The number of nitrogens with one attached hydrogen (secondary N) is 2. The summed E-state index contributed by atoms with van der Waals surface area (Å²) < 4.78 is 13.7. The molecular formula is C10H8BrFN6O2. The van der Waals surface area contributed by atoms with E-state index in [0.717, 1.165) is 6.20 Å². The average Bonchev–Trinajstić information content (AvgIpc) is 2.42. The van der Waals surface area contributed by atoms with Gasteiger partial charge in [-0.25, -0.2) is 15.2 Å². The molecule has 0 bridgehead atoms. The largest absolute Gasteiger partial charge is 0.333 e. The van der Waals surface area contributed by atoms with E-state index in [1.807, 2.05) is 0 Å². The molecule has 104 valence electrons. The van der Waals surface area contributed by atoms with Crippen molar-refractivity contribution in [1.29, 1.82) is 0 Å². The Morgan fingerprint density at radius 1 is 1.45 bits per heavy atom. The van der Waals surface area contributed by atoms with Gasteiger partial charge in [-0.05, 0) is 34.1 Å². The van der Waals surface area contributed by atoms with Crippen molar-refractivity contribution in [2.75, 3.05) is 10.7 Å². The smallest absolute Gasteiger partial charge is 0.329 e. The number of benzene rings is 1. The monoisotopic (exact) mass is 342 g/mol. The lowest BCUT2D eigenvalue weighted by Crippen LogP contribution is -2.12. The van der Waals surface area contributed by atoms with Gasteiger partial charge in [-0.3, -0.25) is 15.5 Å². The van der Waals surface area contributed by atoms with Gasteiger partial charge in [-0.15, -0.1) is 0 Å². The van der Waals surface area contributed by atoms with Crippen molar-refractivity contribution in [3.63, 3.8) is 0 Å². The summed E-state index contributed by atoms with van der Waals surface area (Å²) in [6.45, 7) is 0. The molecule has 0 unspecified atom stereocenters. The second kappa shape index (κ2) is 5.75. The van der Waals surface area contributed by atoms with Gasteiger partial charge in [-0.1, -0.05) is 0 Å². The minimum atomic E-state index is -0.657. The van der Waals surface area contributed by atoms with Crippen LogP contribution >= 0.6 is 15.9 Å². The molecule has 0 aliphatic carbocycles. The number of nitrogens with two attached hydrogens (primary N) is 1. The molecule has 1 aromatic carbocycles. The predicted molar refractivity (Wildman–Crippen MR) is 73.9 cm³/mol. The Balaban J connectivity index is 2.45. The first-order valence-electron chi connectivity index (χ1n) is 5.21. The third kappa shape index (κ3) is 2.97. The van der Waals surface area contributed by atoms with Crippen LogP contribution in [0.5, 0.6) is 0 Å². The van der Waals surface area contributed by atoms with Gasteiger partial charge >= 0.3 is 5.69 Å². The lowest BCUT2D eigenvalue weighted by atomic mass is 10.3. The number of rotatable bonds is 4. The first kappa shape index (κ1) is 14.1. The lowest BCUT2D eigenvalue weighted by molar-refractivity contribution is -0.384. The zero-order chi connectivity index (χ0) is 14.7. The van der Waals surface area contributed by atoms with E-state index in [0.29, 0.717) is 4.47 Å². The van der Waals surface area contributed by atoms with Crippen molar-refractivity contribution >= 4 is 39.1 Å². The lowest BCUT2D eigenvalue weighted by Gasteiger charge is -2.09. The second-order valence-electron chi connectivity index (χ2n) is 3.58. The predicted octanol–water partition coefficient (Wildman–Crippen LogP) is 2.32. The van der Waals surface area contributed by atoms with Crippen LogP contribution in [-0.2, 0) is 0 Å². The minimum Gasteiger partial charge on any atom is -0.333 e. The van der Waals surface area contributed by atoms with Crippen molar-refractivity contribution in [2.24, 2.45) is 5.84 Å². The maximum absolute atomic E-state index is 13.2. The van der Waals surface area contributed by atoms with Crippen molar-refractivity contribution < 1.29 is 9.31 Å². The van der Waals surface area contributed by atoms with Crippen LogP contribution in [0.2, 0.25) is 0 Å². The third-order valence-corrected chi connectivity index (χ3v) is 2.97. The van der Waals surface area contributed by atoms with E-state index in [1.54, 1.807) is 0 Å². The van der Waals surface area contributed by atoms with E-state index in [1.165, 1.54) is 18.2 Å². The highest BCUT2D eigenvalue weighted by atomic mass is 79.9. The van der Waals surface area contributed by atoms with Gasteiger partial charge in [0, 0.05) is 4.47 Å². The molecule has 0 amide bonds. The summed E-state index contributed by atoms with van der Waals surface area (Å²) in [7, 11) is 0. The van der Waals surface area contributed by atoms with Gasteiger partial charge in [0.05, 0.1) is 10.6 Å². The average molecular weight is 343 g/mol. The SMILES string of the molecule is NNc1ncc([N+](=O)[O-])c(Nc2cc(F)ccc2Br)n1. The van der Waals surface area contributed by atoms with Gasteiger partial charge in [0.1, 0.15) is 12.0 Å². The van der Waals surface area contributed by atoms with E-state index < -0.39 is 10.7 Å². The first-order chi connectivity index (χ1) is 9.51. The molecule has 4 N–H and O–H groups in total. The van der Waals surface area contributed by atoms with E-state index >= 15 is 0 Å². The fourth-order valence-electron chi connectivity index (χ4n) is 1.39. The number of aromatic nitrogens is 2. The summed E-state index contributed by atoms with van der Waals surface area (Å²) in [5.74, 6) is 4.54. The minimum absolute atomic E-state index is 0.00868. The second-order valence-corrected chi connectivity index (χ2v) is 4.43. The fraction of sp³-hybridized carbons (Fsp3) is 0. The molecule has 1 aromatic heterocycles. The highest BCUT2D eigenvalue weighted by Crippen LogP contribution is 2.30. The molecule has 0 spiro atoms. The van der Waals surface area contributed by atoms with Crippen LogP contribution in [0, 0.1) is 15.9 Å². The molecule has 0 aliphatic heterocycles. The van der Waals surface area contributed by atoms with Gasteiger partial charge < -0.3 is 5.32 Å². The first-order valence-corrected chi connectivity index (χ1v) is 6.00. The number of nitro groups is 1. The Kier molecular flexibility index (Phi) is 4.05. The molecule has 2 aromatic rings. The number of hydrazine groups is 1. The summed E-state index contributed by atoms with van der Waals surface area (Å²) >= 11 is 3.20. The number of hydrogen-bond donors (Lipinski definition) is 3. The van der Waals surface area contributed by atoms with Gasteiger partial charge in [0.25, 0.3) is 0 Å². The highest BCUT2D eigenvalue weighted by molar-refractivity contribution is 9.10. The fourth-order valence-corrected chi connectivity index (χ4v) is 1.74. The molecule has 0 saturated heterocycles. The third-order valence-electron chi connectivity index (χ3n) is 2.28. The van der Waals surface area contributed by atoms with Crippen LogP contribution < -0.4 is 16.6 Å². The molecule has 8 nitrogen and oxygen atoms in total. The summed E-state index contributed by atoms with van der Waals surface area (Å²) in [5.41, 5.74) is 2.10. The maximum atomic E-state index is 13.2. The Bertz CT molecular complexity index is 668. The number of nitrogen functional groups attached to an aromatic ring is 1. The molecule has 2 rings (SSSR count). The van der Waals surface area contributed by atoms with E-state index in [9.17, 15) is 14.5 Å². The number of hydrogen-bond acceptors (Lipinski definition) is 7. The van der Waals surface area contributed by atoms with Gasteiger partial charge in [0.15, 0.2) is 0 Å². The van der Waals surface area contributed by atoms with Crippen LogP contribution in [0.25, 0.3) is 0 Å². The molecule has 0 fully saturated rings. The highest BCUT2D eigenvalue weighted by Gasteiger charge is 2.18. The molecule has 0 saturated carbocycles. The Labute approximate surface area is 120 Å². The van der Waals surface area contributed by atoms with Crippen molar-refractivity contribution in [3.8, 4) is 0 Å². The van der Waals surface area contributed by atoms with Crippen LogP contribution in [0.1, 0.15) is 0 Å². The van der Waals surface area contributed by atoms with Crippen LogP contribution in [0.15, 0.2) is 28.9 Å². The Morgan fingerprint density at radius 2 is 2.20 bits per heavy atom. The molecule has 0 radical (unpaired) electrons. The molecule has 1 heterocycles. The van der Waals surface area contributed by atoms with E-state index in [4.69, 9.17) is 5.84 Å². The quantitative estimate of drug-likeness (QED) is 0.443. The zero-order valence-electron chi connectivity index (χ0n) is 9.80. The normalized spacial score (nSPS) is 10.2. The number of halogens is 2. The summed E-state index contributed by atoms with van der Waals surface area (Å²) in [5, 5.41) is 13.6. The molecule has 20 heavy (non-hydrogen) atoms. The molecule has 10 heteroatoms. The van der Waals surface area contributed by atoms with Gasteiger partial charge in [0.2, 0.25) is 11.8 Å². The molecule has 0 atom stereocenters. The van der Waals surface area contributed by atoms with Crippen LogP contribution in [-0.4, -0.2) is 14.9 Å². The van der Waals surface area contributed by atoms with Crippen LogP contribution in [0.3, 0.4) is 0 Å². The number of nitrogens with zero attached hydrogens (tertiary/aromatic N) is 3. The topological polar surface area (TPSA) is 119 Å². The summed E-state index contributed by atoms with van der Waals surface area (Å²) in [6, 6.07) is 3.88. The maximum Gasteiger partial charge on any atom is 0.329 e. The van der Waals surface area contributed by atoms with Crippen molar-refractivity contribution in [1.82, 2.24) is 9.97 Å². The van der Waals surface area contributed by atoms with E-state index in [-0.39, 0.29) is 23.1 Å². The Hall–Kier alpha value is -2.33. The zero-order valence-corrected chi connectivity index (χ0v) is 11.4. The molecular weight excluding hydrogens is 335 g/mol. The summed E-state index contributed by atoms with van der Waals surface area (Å²) in [6.07, 6.45) is 0.998. The van der Waals surface area contributed by atoms with Crippen LogP contribution in [0.4, 0.5) is 27.5 Å². The van der Waals surface area contributed by atoms with E-state index in [2.05, 4.69) is 36.6 Å².